The lowest BCUT2D eigenvalue weighted by atomic mass is 10.1. The summed E-state index contributed by atoms with van der Waals surface area (Å²) in [6.07, 6.45) is 0. The topological polar surface area (TPSA) is 69.5 Å². The minimum absolute atomic E-state index is 0.174. The zero-order valence-corrected chi connectivity index (χ0v) is 17.7. The Hall–Kier alpha value is -4.64. The molecule has 0 unspecified atom stereocenters. The molecule has 0 bridgehead atoms. The predicted molar refractivity (Wildman–Crippen MR) is 131 cm³/mol. The smallest absolute Gasteiger partial charge is 0.139 e. The number of para-hydroxylation sites is 3. The lowest BCUT2D eigenvalue weighted by Crippen LogP contribution is -2.13. The van der Waals surface area contributed by atoms with E-state index in [1.807, 2.05) is 95.9 Å². The molecule has 0 aliphatic carbocycles. The van der Waals surface area contributed by atoms with Crippen molar-refractivity contribution in [1.29, 1.82) is 0 Å². The van der Waals surface area contributed by atoms with Crippen molar-refractivity contribution in [3.8, 4) is 34.0 Å². The molecule has 0 atom stereocenters. The van der Waals surface area contributed by atoms with Crippen LogP contribution in [0.25, 0.3) is 22.5 Å². The van der Waals surface area contributed by atoms with Gasteiger partial charge in [0.1, 0.15) is 23.1 Å². The number of aromatic hydroxyl groups is 2. The second-order valence-electron chi connectivity index (χ2n) is 7.47. The molecular formula is C28H21N3O2. The molecule has 0 amide bonds. The number of rotatable bonds is 5. The predicted octanol–water partition coefficient (Wildman–Crippen LogP) is 6.69. The Morgan fingerprint density at radius 1 is 0.455 bits per heavy atom. The summed E-state index contributed by atoms with van der Waals surface area (Å²) in [5.41, 5.74) is 3.51. The highest BCUT2D eigenvalue weighted by molar-refractivity contribution is 5.77. The van der Waals surface area contributed by atoms with E-state index < -0.39 is 0 Å². The van der Waals surface area contributed by atoms with Gasteiger partial charge in [-0.05, 0) is 60.7 Å². The van der Waals surface area contributed by atoms with Crippen LogP contribution in [0.3, 0.4) is 0 Å². The maximum atomic E-state index is 10.3. The Morgan fingerprint density at radius 3 is 1.39 bits per heavy atom. The molecule has 0 saturated heterocycles. The molecule has 5 rings (SSSR count). The number of hydrogen-bond acceptors (Lipinski definition) is 5. The number of pyridine rings is 2. The van der Waals surface area contributed by atoms with Crippen LogP contribution >= 0.6 is 0 Å². The Labute approximate surface area is 191 Å². The third-order valence-electron chi connectivity index (χ3n) is 5.30. The summed E-state index contributed by atoms with van der Waals surface area (Å²) in [4.78, 5) is 11.7. The van der Waals surface area contributed by atoms with Crippen molar-refractivity contribution < 1.29 is 10.2 Å². The maximum absolute atomic E-state index is 10.3. The largest absolute Gasteiger partial charge is 0.507 e. The molecule has 160 valence electrons. The van der Waals surface area contributed by atoms with Gasteiger partial charge in [-0.15, -0.1) is 0 Å². The molecule has 0 aliphatic heterocycles. The molecule has 0 aliphatic rings. The van der Waals surface area contributed by atoms with E-state index in [2.05, 4.69) is 0 Å². The standard InChI is InChI=1S/C28H21N3O2/c32-25-16-6-4-12-21(25)23-14-8-18-27(29-23)31(20-10-2-1-3-11-20)28-19-9-15-24(30-28)22-13-5-7-17-26(22)33/h1-19,32-33H. The van der Waals surface area contributed by atoms with Gasteiger partial charge in [0.15, 0.2) is 0 Å². The van der Waals surface area contributed by atoms with Gasteiger partial charge >= 0.3 is 0 Å². The summed E-state index contributed by atoms with van der Waals surface area (Å²) in [5.74, 6) is 1.66. The second kappa shape index (κ2) is 8.85. The monoisotopic (exact) mass is 431 g/mol. The third kappa shape index (κ3) is 4.12. The molecule has 2 aromatic heterocycles. The second-order valence-corrected chi connectivity index (χ2v) is 7.47. The van der Waals surface area contributed by atoms with Crippen molar-refractivity contribution in [2.75, 3.05) is 4.90 Å². The molecule has 2 heterocycles. The molecular weight excluding hydrogens is 410 g/mol. The average molecular weight is 431 g/mol. The van der Waals surface area contributed by atoms with E-state index >= 15 is 0 Å². The zero-order valence-electron chi connectivity index (χ0n) is 17.7. The first kappa shape index (κ1) is 20.3. The SMILES string of the molecule is Oc1ccccc1-c1cccc(N(c2ccccc2)c2cccc(-c3ccccc3O)n2)n1. The van der Waals surface area contributed by atoms with E-state index in [9.17, 15) is 10.2 Å². The van der Waals surface area contributed by atoms with Gasteiger partial charge in [-0.2, -0.15) is 0 Å². The highest BCUT2D eigenvalue weighted by Crippen LogP contribution is 2.36. The fourth-order valence-electron chi connectivity index (χ4n) is 3.74. The third-order valence-corrected chi connectivity index (χ3v) is 5.30. The normalized spacial score (nSPS) is 10.7. The van der Waals surface area contributed by atoms with Crippen LogP contribution in [0.5, 0.6) is 11.5 Å². The molecule has 0 fully saturated rings. The summed E-state index contributed by atoms with van der Waals surface area (Å²) in [5, 5.41) is 20.7. The fourth-order valence-corrected chi connectivity index (χ4v) is 3.74. The first-order valence-corrected chi connectivity index (χ1v) is 10.6. The lowest BCUT2D eigenvalue weighted by Gasteiger charge is -2.24. The van der Waals surface area contributed by atoms with Crippen molar-refractivity contribution in [3.63, 3.8) is 0 Å². The van der Waals surface area contributed by atoms with E-state index in [0.717, 1.165) is 5.69 Å². The molecule has 2 N–H and O–H groups in total. The highest BCUT2D eigenvalue weighted by atomic mass is 16.3. The van der Waals surface area contributed by atoms with Crippen molar-refractivity contribution in [1.82, 2.24) is 9.97 Å². The summed E-state index contributed by atoms with van der Waals surface area (Å²) in [7, 11) is 0. The van der Waals surface area contributed by atoms with Crippen LogP contribution in [0, 0.1) is 0 Å². The van der Waals surface area contributed by atoms with Gasteiger partial charge in [0.05, 0.1) is 11.4 Å². The van der Waals surface area contributed by atoms with Gasteiger partial charge < -0.3 is 10.2 Å². The van der Waals surface area contributed by atoms with Gasteiger partial charge in [0, 0.05) is 16.8 Å². The Kier molecular flexibility index (Phi) is 5.43. The summed E-state index contributed by atoms with van der Waals surface area (Å²) >= 11 is 0. The number of nitrogens with zero attached hydrogens (tertiary/aromatic N) is 3. The number of phenolic OH excluding ortho intramolecular Hbond substituents is 2. The van der Waals surface area contributed by atoms with E-state index in [1.54, 1.807) is 24.3 Å². The van der Waals surface area contributed by atoms with E-state index in [-0.39, 0.29) is 11.5 Å². The maximum Gasteiger partial charge on any atom is 0.139 e. The van der Waals surface area contributed by atoms with Crippen LogP contribution in [0.15, 0.2) is 115 Å². The molecule has 33 heavy (non-hydrogen) atoms. The Bertz CT molecular complexity index is 1310. The number of anilines is 3. The van der Waals surface area contributed by atoms with E-state index in [4.69, 9.17) is 9.97 Å². The van der Waals surface area contributed by atoms with Crippen LogP contribution in [0.4, 0.5) is 17.3 Å². The van der Waals surface area contributed by atoms with Gasteiger partial charge in [0.25, 0.3) is 0 Å². The average Bonchev–Trinajstić information content (AvgIpc) is 2.86. The molecule has 0 saturated carbocycles. The number of phenols is 2. The fraction of sp³-hybridized carbons (Fsp3) is 0. The highest BCUT2D eigenvalue weighted by Gasteiger charge is 2.17. The first-order valence-electron chi connectivity index (χ1n) is 10.6. The Balaban J connectivity index is 1.65. The minimum Gasteiger partial charge on any atom is -0.507 e. The van der Waals surface area contributed by atoms with Crippen LogP contribution in [-0.2, 0) is 0 Å². The van der Waals surface area contributed by atoms with Crippen molar-refractivity contribution in [2.45, 2.75) is 0 Å². The number of hydrogen-bond donors (Lipinski definition) is 2. The summed E-state index contributed by atoms with van der Waals surface area (Å²) in [6, 6.07) is 35.5. The van der Waals surface area contributed by atoms with Crippen LogP contribution in [0.1, 0.15) is 0 Å². The molecule has 0 spiro atoms. The zero-order chi connectivity index (χ0) is 22.6. The molecule has 3 aromatic carbocycles. The lowest BCUT2D eigenvalue weighted by molar-refractivity contribution is 0.476. The van der Waals surface area contributed by atoms with Gasteiger partial charge in [-0.25, -0.2) is 9.97 Å². The molecule has 5 aromatic rings. The van der Waals surface area contributed by atoms with Crippen molar-refractivity contribution in [2.24, 2.45) is 0 Å². The summed E-state index contributed by atoms with van der Waals surface area (Å²) in [6.45, 7) is 0. The quantitative estimate of drug-likeness (QED) is 0.324. The first-order chi connectivity index (χ1) is 16.2. The summed E-state index contributed by atoms with van der Waals surface area (Å²) < 4.78 is 0. The van der Waals surface area contributed by atoms with Crippen LogP contribution in [0.2, 0.25) is 0 Å². The van der Waals surface area contributed by atoms with E-state index in [1.165, 1.54) is 0 Å². The van der Waals surface area contributed by atoms with Gasteiger partial charge in [0.2, 0.25) is 0 Å². The van der Waals surface area contributed by atoms with Crippen molar-refractivity contribution in [3.05, 3.63) is 115 Å². The van der Waals surface area contributed by atoms with Crippen molar-refractivity contribution >= 4 is 17.3 Å². The van der Waals surface area contributed by atoms with Gasteiger partial charge in [-0.1, -0.05) is 54.6 Å². The molecule has 5 heteroatoms. The molecule has 5 nitrogen and oxygen atoms in total. The van der Waals surface area contributed by atoms with E-state index in [0.29, 0.717) is 34.2 Å². The van der Waals surface area contributed by atoms with Crippen LogP contribution < -0.4 is 4.90 Å². The minimum atomic E-state index is 0.174. The van der Waals surface area contributed by atoms with Gasteiger partial charge in [-0.3, -0.25) is 4.90 Å². The number of aromatic nitrogens is 2. The Morgan fingerprint density at radius 2 is 0.909 bits per heavy atom. The van der Waals surface area contributed by atoms with Crippen LogP contribution in [-0.4, -0.2) is 20.2 Å². The number of benzene rings is 3. The molecule has 0 radical (unpaired) electrons.